The van der Waals surface area contributed by atoms with Gasteiger partial charge in [0.2, 0.25) is 0 Å². The number of aryl methyl sites for hydroxylation is 1. The Balaban J connectivity index is 0.000000217. The van der Waals surface area contributed by atoms with Crippen LogP contribution in [0, 0.1) is 26.2 Å². The predicted molar refractivity (Wildman–Crippen MR) is 141 cm³/mol. The van der Waals surface area contributed by atoms with Gasteiger partial charge in [-0.25, -0.2) is 0 Å². The van der Waals surface area contributed by atoms with Crippen molar-refractivity contribution in [3.63, 3.8) is 0 Å². The maximum absolute atomic E-state index is 8.25. The number of hydrogen-bond acceptors (Lipinski definition) is 3. The van der Waals surface area contributed by atoms with Crippen molar-refractivity contribution in [3.05, 3.63) is 120 Å². The summed E-state index contributed by atoms with van der Waals surface area (Å²) in [4.78, 5) is 7.91. The second kappa shape index (κ2) is 10.9. The Bertz CT molecular complexity index is 2150. The van der Waals surface area contributed by atoms with Crippen LogP contribution in [0.1, 0.15) is 43.8 Å². The number of nitrogens with zero attached hydrogens (tertiary/aromatic N) is 2. The third kappa shape index (κ3) is 5.20. The van der Waals surface area contributed by atoms with Crippen LogP contribution in [-0.2, 0) is 20.1 Å². The number of thiophene rings is 1. The van der Waals surface area contributed by atoms with E-state index in [-0.39, 0.29) is 60.8 Å². The monoisotopic (exact) mass is 652 g/mol. The molecule has 0 saturated heterocycles. The largest absolute Gasteiger partial charge is 0.320 e. The number of allylic oxidation sites excluding steroid dienone is 4. The average Bonchev–Trinajstić information content (AvgIpc) is 3.39. The standard InChI is InChI=1S/C18H12NS.C12H12N.Ir/c1-12-9-10-16(19-11-12)15-7-4-6-14-13-5-2-3-8-17(13)20-18(14)15;1-10-7-8-12(13-9-10)11-5-3-2-4-6-11;/h2-6,8-11H,1H3;2-3,5-9H,4H2,1H3;/q2*-1;/i1D3,9D,10D;1D3,2D,3D,4D,5D,7D,8D,9D;. The van der Waals surface area contributed by atoms with E-state index in [1.165, 1.54) is 6.20 Å². The van der Waals surface area contributed by atoms with Crippen molar-refractivity contribution < 1.29 is 40.7 Å². The number of fused-ring (bicyclic) bond motifs is 3. The van der Waals surface area contributed by atoms with Crippen molar-refractivity contribution in [3.8, 4) is 11.3 Å². The molecule has 0 spiro atoms. The minimum absolute atomic E-state index is 0. The van der Waals surface area contributed by atoms with Gasteiger partial charge in [-0.15, -0.1) is 35.9 Å². The van der Waals surface area contributed by atoms with Crippen LogP contribution in [0.3, 0.4) is 0 Å². The molecule has 4 heteroatoms. The van der Waals surface area contributed by atoms with Gasteiger partial charge in [-0.2, -0.15) is 29.4 Å². The molecule has 3 aromatic heterocycles. The zero-order chi connectivity index (χ0) is 35.5. The van der Waals surface area contributed by atoms with E-state index in [2.05, 4.69) is 16.0 Å². The molecular weight excluding hydrogens is 613 g/mol. The SMILES string of the molecule is [2H]C1=C(c2nc([2H])c(C([2H])([2H])[2H])c([2H])c2[2H])[CH-]C([2H])C([2H])=C1[2H].[2H]c1c(C([2H])([2H])[2H])cnc(-c2[c-]ccc3c2sc2ccccc23)c1[2H].[Ir]. The van der Waals surface area contributed by atoms with Crippen molar-refractivity contribution in [2.45, 2.75) is 20.1 Å². The number of aromatic nitrogens is 2. The second-order valence-corrected chi connectivity index (χ2v) is 7.85. The molecule has 1 atom stereocenters. The summed E-state index contributed by atoms with van der Waals surface area (Å²) in [5.74, 6) is 0. The van der Waals surface area contributed by atoms with Gasteiger partial charge in [0.25, 0.3) is 0 Å². The molecule has 1 radical (unpaired) electrons. The van der Waals surface area contributed by atoms with E-state index in [4.69, 9.17) is 20.6 Å². The molecule has 0 saturated carbocycles. The van der Waals surface area contributed by atoms with Gasteiger partial charge < -0.3 is 9.97 Å². The molecule has 2 aromatic carbocycles. The second-order valence-electron chi connectivity index (χ2n) is 6.80. The molecule has 0 fully saturated rings. The Morgan fingerprint density at radius 2 is 1.88 bits per heavy atom. The Kier molecular flexibility index (Phi) is 3.72. The van der Waals surface area contributed by atoms with Crippen LogP contribution in [0.2, 0.25) is 0 Å². The molecule has 0 N–H and O–H groups in total. The molecule has 171 valence electrons. The van der Waals surface area contributed by atoms with Crippen LogP contribution in [0.15, 0.2) is 91.1 Å². The summed E-state index contributed by atoms with van der Waals surface area (Å²) in [6.45, 7) is -5.22. The summed E-state index contributed by atoms with van der Waals surface area (Å²) in [6.07, 6.45) is 0.390. The summed E-state index contributed by atoms with van der Waals surface area (Å²) < 4.78 is 117. The van der Waals surface area contributed by atoms with Crippen LogP contribution >= 0.6 is 11.3 Å². The van der Waals surface area contributed by atoms with Crippen LogP contribution in [-0.4, -0.2) is 9.97 Å². The van der Waals surface area contributed by atoms with E-state index in [9.17, 15) is 0 Å². The van der Waals surface area contributed by atoms with Crippen LogP contribution < -0.4 is 0 Å². The first-order valence-corrected chi connectivity index (χ1v) is 10.6. The summed E-state index contributed by atoms with van der Waals surface area (Å²) in [6, 6.07) is 11.8. The zero-order valence-corrected chi connectivity index (χ0v) is 20.5. The van der Waals surface area contributed by atoms with Crippen molar-refractivity contribution in [2.75, 3.05) is 0 Å². The fourth-order valence-electron chi connectivity index (χ4n) is 3.18. The predicted octanol–water partition coefficient (Wildman–Crippen LogP) is 8.16. The Hall–Kier alpha value is -3.04. The molecule has 3 heterocycles. The van der Waals surface area contributed by atoms with E-state index in [1.807, 2.05) is 30.3 Å². The molecule has 0 aliphatic heterocycles. The number of pyridine rings is 2. The molecule has 0 bridgehead atoms. The van der Waals surface area contributed by atoms with E-state index in [0.717, 1.165) is 26.6 Å². The molecule has 5 aromatic rings. The van der Waals surface area contributed by atoms with Gasteiger partial charge in [0.05, 0.1) is 8.22 Å². The number of hydrogen-bond donors (Lipinski definition) is 0. The molecule has 6 rings (SSSR count). The Morgan fingerprint density at radius 3 is 2.79 bits per heavy atom. The first kappa shape index (κ1) is 11.6. The average molecular weight is 652 g/mol. The van der Waals surface area contributed by atoms with Gasteiger partial charge in [-0.3, -0.25) is 0 Å². The minimum atomic E-state index is -2.77. The Morgan fingerprint density at radius 1 is 1.03 bits per heavy atom. The summed E-state index contributed by atoms with van der Waals surface area (Å²) in [7, 11) is 0. The van der Waals surface area contributed by atoms with Crippen LogP contribution in [0.25, 0.3) is 37.0 Å². The van der Waals surface area contributed by atoms with Crippen LogP contribution in [0.4, 0.5) is 0 Å². The van der Waals surface area contributed by atoms with E-state index < -0.39 is 56.0 Å². The summed E-state index contributed by atoms with van der Waals surface area (Å²) >= 11 is 1.58. The molecule has 34 heavy (non-hydrogen) atoms. The van der Waals surface area contributed by atoms with E-state index in [1.54, 1.807) is 17.4 Å². The maximum atomic E-state index is 8.25. The fourth-order valence-corrected chi connectivity index (χ4v) is 4.38. The van der Waals surface area contributed by atoms with Gasteiger partial charge in [0, 0.05) is 48.1 Å². The quantitative estimate of drug-likeness (QED) is 0.180. The molecule has 1 aliphatic rings. The third-order valence-electron chi connectivity index (χ3n) is 4.66. The first-order chi connectivity index (χ1) is 22.3. The topological polar surface area (TPSA) is 25.8 Å². The molecule has 0 amide bonds. The van der Waals surface area contributed by atoms with Gasteiger partial charge in [0.15, 0.2) is 0 Å². The van der Waals surface area contributed by atoms with Gasteiger partial charge >= 0.3 is 0 Å². The normalized spacial score (nSPS) is 22.5. The van der Waals surface area contributed by atoms with E-state index >= 15 is 0 Å². The summed E-state index contributed by atoms with van der Waals surface area (Å²) in [5, 5.41) is 2.16. The minimum Gasteiger partial charge on any atom is -0.320 e. The number of rotatable bonds is 2. The fraction of sp³-hybridized carbons (Fsp3) is 0.100. The number of benzene rings is 2. The summed E-state index contributed by atoms with van der Waals surface area (Å²) in [5.41, 5.74) is -0.351. The maximum Gasteiger partial charge on any atom is 0.0829 e. The van der Waals surface area contributed by atoms with Crippen molar-refractivity contribution in [1.29, 1.82) is 0 Å². The van der Waals surface area contributed by atoms with Crippen molar-refractivity contribution in [2.24, 2.45) is 0 Å². The molecule has 1 aliphatic carbocycles. The molecule has 2 nitrogen and oxygen atoms in total. The molecule has 1 unspecified atom stereocenters. The van der Waals surface area contributed by atoms with Crippen molar-refractivity contribution >= 4 is 37.1 Å². The first-order valence-electron chi connectivity index (χ1n) is 17.4. The van der Waals surface area contributed by atoms with Gasteiger partial charge in [-0.05, 0) is 53.7 Å². The smallest absolute Gasteiger partial charge is 0.0829 e. The molecular formula is C30H24IrN2S-2. The Labute approximate surface area is 239 Å². The zero-order valence-electron chi connectivity index (χ0n) is 32.3. The van der Waals surface area contributed by atoms with Gasteiger partial charge in [-0.1, -0.05) is 54.2 Å². The van der Waals surface area contributed by atoms with Crippen molar-refractivity contribution in [1.82, 2.24) is 9.97 Å². The third-order valence-corrected chi connectivity index (χ3v) is 5.86. The van der Waals surface area contributed by atoms with E-state index in [0.29, 0.717) is 5.56 Å². The van der Waals surface area contributed by atoms with Crippen LogP contribution in [0.5, 0.6) is 0 Å². The van der Waals surface area contributed by atoms with Gasteiger partial charge in [0.1, 0.15) is 0 Å².